The van der Waals surface area contributed by atoms with E-state index >= 15 is 0 Å². The number of ether oxygens (including phenoxy) is 1. The number of nitrogens with zero attached hydrogens (tertiary/aromatic N) is 2. The fourth-order valence-corrected chi connectivity index (χ4v) is 5.12. The van der Waals surface area contributed by atoms with Crippen molar-refractivity contribution in [3.05, 3.63) is 16.1 Å². The zero-order chi connectivity index (χ0) is 15.8. The van der Waals surface area contributed by atoms with Gasteiger partial charge in [0, 0.05) is 36.7 Å². The van der Waals surface area contributed by atoms with Crippen LogP contribution in [0, 0.1) is 12.8 Å². The van der Waals surface area contributed by atoms with Crippen molar-refractivity contribution in [2.45, 2.75) is 63.8 Å². The normalized spacial score (nSPS) is 31.6. The zero-order valence-corrected chi connectivity index (χ0v) is 14.5. The Balaban J connectivity index is 1.44. The third kappa shape index (κ3) is 3.04. The van der Waals surface area contributed by atoms with Gasteiger partial charge in [-0.2, -0.15) is 0 Å². The minimum atomic E-state index is -0.0173. The van der Waals surface area contributed by atoms with Crippen LogP contribution in [0.2, 0.25) is 0 Å². The van der Waals surface area contributed by atoms with Crippen LogP contribution >= 0.6 is 11.3 Å². The average Bonchev–Trinajstić information content (AvgIpc) is 3.27. The fourth-order valence-electron chi connectivity index (χ4n) is 4.32. The van der Waals surface area contributed by atoms with Gasteiger partial charge in [-0.3, -0.25) is 9.69 Å². The summed E-state index contributed by atoms with van der Waals surface area (Å²) in [4.78, 5) is 20.8. The van der Waals surface area contributed by atoms with Crippen LogP contribution < -0.4 is 5.32 Å². The highest BCUT2D eigenvalue weighted by molar-refractivity contribution is 7.09. The number of nitrogens with one attached hydrogen (secondary N) is 1. The number of rotatable bonds is 4. The van der Waals surface area contributed by atoms with E-state index in [1.807, 2.05) is 5.51 Å². The van der Waals surface area contributed by atoms with Crippen LogP contribution in [0.1, 0.15) is 42.7 Å². The van der Waals surface area contributed by atoms with Gasteiger partial charge in [0.1, 0.15) is 0 Å². The second-order valence-electron chi connectivity index (χ2n) is 7.08. The highest BCUT2D eigenvalue weighted by Gasteiger charge is 2.48. The summed E-state index contributed by atoms with van der Waals surface area (Å²) in [6.45, 7) is 4.55. The minimum absolute atomic E-state index is 0.0173. The maximum Gasteiger partial charge on any atom is 0.227 e. The van der Waals surface area contributed by atoms with E-state index in [9.17, 15) is 4.79 Å². The van der Waals surface area contributed by atoms with E-state index in [1.54, 1.807) is 11.3 Å². The van der Waals surface area contributed by atoms with E-state index in [0.717, 1.165) is 44.7 Å². The molecule has 1 saturated carbocycles. The molecule has 0 aromatic carbocycles. The number of hydrogen-bond acceptors (Lipinski definition) is 5. The van der Waals surface area contributed by atoms with Crippen molar-refractivity contribution >= 4 is 17.2 Å². The summed E-state index contributed by atoms with van der Waals surface area (Å²) in [5.74, 6) is 0.189. The highest BCUT2D eigenvalue weighted by Crippen LogP contribution is 2.35. The van der Waals surface area contributed by atoms with E-state index in [2.05, 4.69) is 22.1 Å². The van der Waals surface area contributed by atoms with Crippen molar-refractivity contribution in [2.24, 2.45) is 5.92 Å². The molecule has 1 aromatic heterocycles. The lowest BCUT2D eigenvalue weighted by Crippen LogP contribution is -2.42. The lowest BCUT2D eigenvalue weighted by Gasteiger charge is -2.21. The number of hydrogen-bond donors (Lipinski definition) is 1. The summed E-state index contributed by atoms with van der Waals surface area (Å²) in [6, 6.07) is 0.774. The van der Waals surface area contributed by atoms with Crippen molar-refractivity contribution in [1.82, 2.24) is 15.2 Å². The molecule has 126 valence electrons. The van der Waals surface area contributed by atoms with Gasteiger partial charge in [0.2, 0.25) is 5.91 Å². The molecule has 1 aliphatic carbocycles. The molecule has 0 spiro atoms. The Morgan fingerprint density at radius 2 is 2.26 bits per heavy atom. The first-order chi connectivity index (χ1) is 11.2. The summed E-state index contributed by atoms with van der Waals surface area (Å²) in [6.07, 6.45) is 5.87. The Morgan fingerprint density at radius 3 is 3.00 bits per heavy atom. The maximum atomic E-state index is 12.7. The summed E-state index contributed by atoms with van der Waals surface area (Å²) in [5, 5.41) is 3.27. The third-order valence-corrected chi connectivity index (χ3v) is 6.55. The predicted molar refractivity (Wildman–Crippen MR) is 89.3 cm³/mol. The lowest BCUT2D eigenvalue weighted by atomic mass is 10.0. The number of carbonyl (C=O) groups excluding carboxylic acids is 1. The molecule has 2 saturated heterocycles. The summed E-state index contributed by atoms with van der Waals surface area (Å²) in [7, 11) is 0. The summed E-state index contributed by atoms with van der Waals surface area (Å²) in [5.41, 5.74) is 3.03. The Hall–Kier alpha value is -0.980. The van der Waals surface area contributed by atoms with Gasteiger partial charge in [-0.05, 0) is 26.2 Å². The lowest BCUT2D eigenvalue weighted by molar-refractivity contribution is -0.128. The van der Waals surface area contributed by atoms with Crippen molar-refractivity contribution in [2.75, 3.05) is 13.2 Å². The quantitative estimate of drug-likeness (QED) is 0.915. The van der Waals surface area contributed by atoms with Crippen LogP contribution in [-0.4, -0.2) is 47.1 Å². The van der Waals surface area contributed by atoms with Crippen LogP contribution in [0.5, 0.6) is 0 Å². The van der Waals surface area contributed by atoms with Crippen molar-refractivity contribution in [3.8, 4) is 0 Å². The molecule has 5 nitrogen and oxygen atoms in total. The van der Waals surface area contributed by atoms with E-state index < -0.39 is 0 Å². The first kappa shape index (κ1) is 15.5. The van der Waals surface area contributed by atoms with E-state index in [4.69, 9.17) is 4.74 Å². The Labute approximate surface area is 141 Å². The first-order valence-electron chi connectivity index (χ1n) is 8.77. The van der Waals surface area contributed by atoms with Crippen molar-refractivity contribution in [3.63, 3.8) is 0 Å². The zero-order valence-electron chi connectivity index (χ0n) is 13.7. The Kier molecular flexibility index (Phi) is 4.39. The summed E-state index contributed by atoms with van der Waals surface area (Å²) < 4.78 is 5.94. The van der Waals surface area contributed by atoms with Gasteiger partial charge >= 0.3 is 0 Å². The molecule has 1 amide bonds. The molecule has 0 bridgehead atoms. The SMILES string of the molecule is Cc1ncsc1CN1C[C@H](C(=O)NC2CCCC2)[C@H]2OCC[C@H]21. The van der Waals surface area contributed by atoms with Gasteiger partial charge in [0.05, 0.1) is 23.2 Å². The number of aromatic nitrogens is 1. The van der Waals surface area contributed by atoms with Crippen LogP contribution in [0.3, 0.4) is 0 Å². The largest absolute Gasteiger partial charge is 0.376 e. The highest BCUT2D eigenvalue weighted by atomic mass is 32.1. The topological polar surface area (TPSA) is 54.5 Å². The monoisotopic (exact) mass is 335 g/mol. The van der Waals surface area contributed by atoms with Crippen molar-refractivity contribution < 1.29 is 9.53 Å². The van der Waals surface area contributed by atoms with Crippen LogP contribution in [0.4, 0.5) is 0 Å². The molecular formula is C17H25N3O2S. The summed E-state index contributed by atoms with van der Waals surface area (Å²) >= 11 is 1.71. The fraction of sp³-hybridized carbons (Fsp3) is 0.765. The van der Waals surface area contributed by atoms with E-state index in [-0.39, 0.29) is 17.9 Å². The Morgan fingerprint density at radius 1 is 1.43 bits per heavy atom. The molecule has 6 heteroatoms. The molecule has 3 atom stereocenters. The molecule has 0 unspecified atom stereocenters. The molecule has 4 rings (SSSR count). The van der Waals surface area contributed by atoms with Gasteiger partial charge in [-0.1, -0.05) is 12.8 Å². The van der Waals surface area contributed by atoms with Gasteiger partial charge in [-0.15, -0.1) is 11.3 Å². The third-order valence-electron chi connectivity index (χ3n) is 5.63. The number of likely N-dealkylation sites (tertiary alicyclic amines) is 1. The number of thiazole rings is 1. The molecule has 3 heterocycles. The second kappa shape index (κ2) is 6.49. The van der Waals surface area contributed by atoms with E-state index in [0.29, 0.717) is 12.1 Å². The first-order valence-corrected chi connectivity index (χ1v) is 9.65. The van der Waals surface area contributed by atoms with Crippen molar-refractivity contribution in [1.29, 1.82) is 0 Å². The molecule has 23 heavy (non-hydrogen) atoms. The smallest absolute Gasteiger partial charge is 0.227 e. The Bertz CT molecular complexity index is 570. The predicted octanol–water partition coefficient (Wildman–Crippen LogP) is 2.10. The number of carbonyl (C=O) groups is 1. The van der Waals surface area contributed by atoms with Gasteiger partial charge in [0.15, 0.2) is 0 Å². The van der Waals surface area contributed by atoms with Crippen LogP contribution in [0.15, 0.2) is 5.51 Å². The second-order valence-corrected chi connectivity index (χ2v) is 8.02. The molecule has 1 N–H and O–H groups in total. The van der Waals surface area contributed by atoms with Gasteiger partial charge < -0.3 is 10.1 Å². The van der Waals surface area contributed by atoms with Gasteiger partial charge in [-0.25, -0.2) is 4.98 Å². The average molecular weight is 335 g/mol. The molecule has 2 aliphatic heterocycles. The number of amides is 1. The molecular weight excluding hydrogens is 310 g/mol. The number of fused-ring (bicyclic) bond motifs is 1. The molecule has 3 fully saturated rings. The van der Waals surface area contributed by atoms with Crippen LogP contribution in [0.25, 0.3) is 0 Å². The molecule has 0 radical (unpaired) electrons. The van der Waals surface area contributed by atoms with E-state index in [1.165, 1.54) is 17.7 Å². The minimum Gasteiger partial charge on any atom is -0.376 e. The standard InChI is InChI=1S/C17H25N3O2S/c1-11-15(23-10-18-11)9-20-8-13(16-14(20)6-7-22-16)17(21)19-12-4-2-3-5-12/h10,12-14,16H,2-9H2,1H3,(H,19,21)/t13-,14+,16+/m0/s1. The van der Waals surface area contributed by atoms with Crippen LogP contribution in [-0.2, 0) is 16.1 Å². The molecule has 1 aromatic rings. The maximum absolute atomic E-state index is 12.7. The molecule has 3 aliphatic rings. The number of aryl methyl sites for hydroxylation is 1. The van der Waals surface area contributed by atoms with Gasteiger partial charge in [0.25, 0.3) is 0 Å².